The van der Waals surface area contributed by atoms with Crippen molar-refractivity contribution in [2.75, 3.05) is 185 Å². The van der Waals surface area contributed by atoms with Crippen LogP contribution in [0.15, 0.2) is 11.1 Å². The van der Waals surface area contributed by atoms with Crippen LogP contribution in [-0.2, 0) is 130 Å². The normalized spacial score (nSPS) is 12.2. The SMILES string of the molecule is CC(=O)[NH][GaH][O]CCN(CCOI)C(=O)C(CCC(=O)NCCOCC[O][Ga]([I])[NH]C(C)=O)NC(=O)CCC1=C(C)C(=O)OC1=O.CC(=O)[NH][Ga]([I])[O]CCOCCNC(=O)CCC(NC(=O)CCC(NC(=O)OCCOCCOCCOCCN)C(=O)NCCOCC[O][Ga]([I])[NH]C(C)=O)C(=O)NCCOCC[O][Ga]([I])[NH]C(C)=O. The van der Waals surface area contributed by atoms with Crippen LogP contribution < -0.4 is 63.1 Å². The third kappa shape index (κ3) is 67.5. The van der Waals surface area contributed by atoms with Crippen LogP contribution in [0.25, 0.3) is 0 Å². The van der Waals surface area contributed by atoms with Crippen molar-refractivity contribution in [1.82, 2.24) is 62.2 Å². The number of nitrogens with one attached hydrogen (secondary N) is 12. The molecule has 1 rings (SSSR count). The zero-order valence-corrected chi connectivity index (χ0v) is 89.3. The Morgan fingerprint density at radius 1 is 0.431 bits per heavy atom. The van der Waals surface area contributed by atoms with Crippen molar-refractivity contribution in [1.29, 1.82) is 0 Å². The molecule has 0 bridgehead atoms. The maximum atomic E-state index is 13.6. The van der Waals surface area contributed by atoms with E-state index in [0.29, 0.717) is 39.6 Å². The van der Waals surface area contributed by atoms with Gasteiger partial charge < -0.3 is 24.7 Å². The number of carbonyl (C=O) groups excluding carboxylic acids is 15. The van der Waals surface area contributed by atoms with Gasteiger partial charge in [0.2, 0.25) is 0 Å². The van der Waals surface area contributed by atoms with Crippen molar-refractivity contribution in [2.24, 2.45) is 5.73 Å². The van der Waals surface area contributed by atoms with Crippen LogP contribution in [0.5, 0.6) is 0 Å². The van der Waals surface area contributed by atoms with Gasteiger partial charge in [0.15, 0.2) is 0 Å². The van der Waals surface area contributed by atoms with Crippen molar-refractivity contribution in [3.05, 3.63) is 11.1 Å². The number of rotatable bonds is 69. The third-order valence-electron chi connectivity index (χ3n) is 14.3. The van der Waals surface area contributed by atoms with Crippen molar-refractivity contribution in [3.8, 4) is 0 Å². The average Bonchev–Trinajstić information content (AvgIpc) is 1.69. The first-order valence-electron chi connectivity index (χ1n) is 36.7. The first-order valence-corrected chi connectivity index (χ1v) is 78.6. The molecule has 0 aliphatic carbocycles. The van der Waals surface area contributed by atoms with Crippen LogP contribution in [0.3, 0.4) is 0 Å². The molecule has 656 valence electrons. The number of ether oxygens (including phenoxy) is 9. The van der Waals surface area contributed by atoms with Gasteiger partial charge in [-0.05, 0) is 6.92 Å². The van der Waals surface area contributed by atoms with E-state index in [0.717, 1.165) is 0 Å². The Bertz CT molecular complexity index is 2990. The molecule has 116 heavy (non-hydrogen) atoms. The van der Waals surface area contributed by atoms with E-state index >= 15 is 0 Å². The summed E-state index contributed by atoms with van der Waals surface area (Å²) >= 11 is -1.10. The summed E-state index contributed by atoms with van der Waals surface area (Å²) < 4.78 is 94.4. The summed E-state index contributed by atoms with van der Waals surface area (Å²) in [4.78, 5) is 185. The first-order chi connectivity index (χ1) is 55.4. The second-order valence-electron chi connectivity index (χ2n) is 23.8. The molecule has 0 radical (unpaired) electrons. The topological polar surface area (TPSA) is 568 Å². The molecule has 0 saturated heterocycles. The Kier molecular flexibility index (Phi) is 74.3. The zero-order chi connectivity index (χ0) is 86.7. The number of cyclic esters (lactones) is 2. The molecule has 44 nitrogen and oxygen atoms in total. The number of nitrogens with two attached hydrogens (primary N) is 1. The van der Waals surface area contributed by atoms with E-state index in [1.807, 2.05) is 0 Å². The summed E-state index contributed by atoms with van der Waals surface area (Å²) in [6.45, 7) is 14.4. The minimum atomic E-state index is -2.39. The van der Waals surface area contributed by atoms with E-state index in [1.54, 1.807) is 23.0 Å². The van der Waals surface area contributed by atoms with E-state index in [9.17, 15) is 71.9 Å². The number of amides is 13. The second kappa shape index (κ2) is 75.6. The minimum absolute atomic E-state index is 0.0219. The first kappa shape index (κ1) is 114. The summed E-state index contributed by atoms with van der Waals surface area (Å²) in [5.41, 5.74) is 5.61. The van der Waals surface area contributed by atoms with Crippen molar-refractivity contribution in [3.63, 3.8) is 0 Å². The predicted molar refractivity (Wildman–Crippen MR) is 461 cm³/mol. The quantitative estimate of drug-likeness (QED) is 0.00907. The molecule has 13 amide bonds. The van der Waals surface area contributed by atoms with E-state index in [2.05, 4.69) is 141 Å². The zero-order valence-electron chi connectivity index (χ0n) is 65.9. The molecular weight excluding hydrogens is 2400 g/mol. The Morgan fingerprint density at radius 2 is 0.793 bits per heavy atom. The summed E-state index contributed by atoms with van der Waals surface area (Å²) in [5, 5.41) is 18.5. The van der Waals surface area contributed by atoms with Gasteiger partial charge in [-0.2, -0.15) is 0 Å². The van der Waals surface area contributed by atoms with Gasteiger partial charge in [-0.15, -0.1) is 0 Å². The molecule has 3 unspecified atom stereocenters. The molecule has 0 fully saturated rings. The molecule has 1 aliphatic heterocycles. The number of esters is 2. The van der Waals surface area contributed by atoms with Gasteiger partial charge in [-0.3, -0.25) is 0 Å². The van der Waals surface area contributed by atoms with Gasteiger partial charge in [0, 0.05) is 6.54 Å². The molecule has 3 atom stereocenters. The fraction of sp³-hybridized carbons (Fsp3) is 0.726. The maximum absolute atomic E-state index is 13.6. The van der Waals surface area contributed by atoms with E-state index in [4.69, 9.17) is 64.3 Å². The van der Waals surface area contributed by atoms with Crippen LogP contribution in [0.1, 0.15) is 92.9 Å². The molecular formula is C62H108Ga5I5N14O30. The Morgan fingerprint density at radius 3 is 1.20 bits per heavy atom. The predicted octanol–water partition coefficient (Wildman–Crippen LogP) is -4.00. The molecule has 1 heterocycles. The van der Waals surface area contributed by atoms with Crippen LogP contribution >= 0.6 is 102 Å². The molecule has 14 N–H and O–H groups in total. The summed E-state index contributed by atoms with van der Waals surface area (Å²) in [5.74, 6) is -6.01. The number of halogens is 5. The molecule has 54 heteroatoms. The average molecular weight is 2510 g/mol. The van der Waals surface area contributed by atoms with E-state index < -0.39 is 143 Å². The number of alkyl carbamates (subject to hydrolysis) is 1. The van der Waals surface area contributed by atoms with Crippen LogP contribution in [-0.4, -0.2) is 368 Å². The monoisotopic (exact) mass is 2510 g/mol. The van der Waals surface area contributed by atoms with Gasteiger partial charge in [-0.25, -0.2) is 9.59 Å². The summed E-state index contributed by atoms with van der Waals surface area (Å²) in [6, 6.07) is -3.50. The molecule has 0 saturated carbocycles. The van der Waals surface area contributed by atoms with Gasteiger partial charge >= 0.3 is 678 Å². The van der Waals surface area contributed by atoms with Crippen LogP contribution in [0.2, 0.25) is 0 Å². The molecule has 0 aromatic heterocycles. The second-order valence-corrected chi connectivity index (χ2v) is 60.7. The third-order valence-corrected chi connectivity index (χ3v) is 40.8. The Hall–Kier alpha value is -1.94. The van der Waals surface area contributed by atoms with Crippen molar-refractivity contribution < 1.29 is 135 Å². The summed E-state index contributed by atoms with van der Waals surface area (Å²) in [7, 11) is 0. The number of carbonyl (C=O) groups is 15. The number of nitrogens with zero attached hydrogens (tertiary/aromatic N) is 1. The van der Waals surface area contributed by atoms with Gasteiger partial charge in [0.1, 0.15) is 6.61 Å². The van der Waals surface area contributed by atoms with Gasteiger partial charge in [-0.1, -0.05) is 0 Å². The number of hydrogen-bond acceptors (Lipinski definition) is 31. The van der Waals surface area contributed by atoms with Crippen LogP contribution in [0, 0.1) is 0 Å². The Balaban J connectivity index is 0.00000248. The fourth-order valence-corrected chi connectivity index (χ4v) is 30.5. The standard InChI is InChI=1S/C31H57N6O15.C21H30IN3O10.5C2H5NO.5Ga.4HI.H/c32-5-12-46-19-20-50-21-22-51-23-24-52-31(45)37-26(30(44)35-8-15-49-18-11-40)2-4-28(42)36-25(29(43)34-7-14-48-17-10-39)1-3-27(41)33-6-13-47-16-9-38;1-14-15(21(32)35-20(14)31)2-4-18(29)24-16(19(30)25(7-9-26)8-12-34-22)3-5-17(28)23-6-11-33-13-10-27;5*1-2(3)4;;;;;;;;;;/h25-26H,1-24,32H2,(H,33,41)(H,34,43)(H,35,44)(H,36,42)(H,37,45);16H,2-13H2,1H3,(H,23,28)(H,24,29);5*1H3,(H2,3,4);;;;;;4*1H;/q-3;-2;;;;;;+2;4*+3;;;;;/p-9. The van der Waals surface area contributed by atoms with Crippen LogP contribution in [0.4, 0.5) is 4.79 Å². The summed E-state index contributed by atoms with van der Waals surface area (Å²) in [6.07, 6.45) is -2.05. The molecule has 0 spiro atoms. The Labute approximate surface area is 762 Å². The van der Waals surface area contributed by atoms with Crippen molar-refractivity contribution >= 4 is 262 Å². The van der Waals surface area contributed by atoms with Gasteiger partial charge in [0.05, 0.1) is 39.6 Å². The molecule has 1 aliphatic rings. The van der Waals surface area contributed by atoms with E-state index in [1.165, 1.54) is 46.4 Å². The number of hydrogen-bond donors (Lipinski definition) is 13. The van der Waals surface area contributed by atoms with Crippen molar-refractivity contribution in [2.45, 2.75) is 111 Å². The molecule has 0 aromatic rings. The molecule has 0 aromatic carbocycles. The van der Waals surface area contributed by atoms with Gasteiger partial charge in [0.25, 0.3) is 0 Å². The fourth-order valence-electron chi connectivity index (χ4n) is 8.78. The van der Waals surface area contributed by atoms with E-state index in [-0.39, 0.29) is 243 Å².